The molecule has 0 radical (unpaired) electrons. The lowest BCUT2D eigenvalue weighted by Gasteiger charge is -2.19. The number of esters is 2. The number of hydrogen-bond acceptors (Lipinski definition) is 8. The minimum absolute atomic E-state index is 0.107. The first-order valence-electron chi connectivity index (χ1n) is 14.8. The number of ether oxygens (including phenoxy) is 6. The predicted molar refractivity (Wildman–Crippen MR) is 176 cm³/mol. The second-order valence-corrected chi connectivity index (χ2v) is 10.5. The smallest absolute Gasteiger partial charge is 0.333 e. The van der Waals surface area contributed by atoms with Gasteiger partial charge in [0.1, 0.15) is 49.4 Å². The van der Waals surface area contributed by atoms with Crippen molar-refractivity contribution in [1.29, 1.82) is 0 Å². The Morgan fingerprint density at radius 3 is 1.04 bits per heavy atom. The molecular weight excluding hydrogens is 584 g/mol. The molecule has 4 aromatic rings. The summed E-state index contributed by atoms with van der Waals surface area (Å²) in [5.74, 6) is 1.57. The van der Waals surface area contributed by atoms with Gasteiger partial charge >= 0.3 is 11.9 Å². The van der Waals surface area contributed by atoms with Crippen molar-refractivity contribution < 1.29 is 38.0 Å². The zero-order valence-electron chi connectivity index (χ0n) is 26.1. The lowest BCUT2D eigenvalue weighted by molar-refractivity contribution is -0.148. The van der Waals surface area contributed by atoms with Gasteiger partial charge in [-0.2, -0.15) is 0 Å². The zero-order valence-corrected chi connectivity index (χ0v) is 26.1. The van der Waals surface area contributed by atoms with Gasteiger partial charge in [-0.25, -0.2) is 9.59 Å². The van der Waals surface area contributed by atoms with Crippen LogP contribution in [0.15, 0.2) is 133 Å². The van der Waals surface area contributed by atoms with E-state index < -0.39 is 24.1 Å². The summed E-state index contributed by atoms with van der Waals surface area (Å²) in [6.45, 7) is 11.0. The minimum atomic E-state index is -0.634. The Kier molecular flexibility index (Phi) is 12.4. The number of carbonyl (C=O) groups is 2. The number of benzene rings is 4. The molecule has 0 saturated carbocycles. The van der Waals surface area contributed by atoms with Gasteiger partial charge in [-0.3, -0.25) is 0 Å². The molecule has 8 nitrogen and oxygen atoms in total. The molecule has 0 aliphatic rings. The van der Waals surface area contributed by atoms with Crippen molar-refractivity contribution >= 4 is 11.9 Å². The highest BCUT2D eigenvalue weighted by atomic mass is 16.6. The normalized spacial score (nSPS) is 11.8. The van der Waals surface area contributed by atoms with E-state index in [1.165, 1.54) is 0 Å². The van der Waals surface area contributed by atoms with Crippen LogP contribution in [0, 0.1) is 0 Å². The van der Waals surface area contributed by atoms with Crippen LogP contribution in [0.5, 0.6) is 23.0 Å². The van der Waals surface area contributed by atoms with E-state index >= 15 is 0 Å². The van der Waals surface area contributed by atoms with Crippen LogP contribution in [0.2, 0.25) is 0 Å². The first-order valence-corrected chi connectivity index (χ1v) is 14.8. The van der Waals surface area contributed by atoms with E-state index in [2.05, 4.69) is 13.2 Å². The van der Waals surface area contributed by atoms with E-state index in [0.717, 1.165) is 11.1 Å². The van der Waals surface area contributed by atoms with E-state index in [4.69, 9.17) is 28.4 Å². The van der Waals surface area contributed by atoms with Gasteiger partial charge in [-0.1, -0.05) is 73.8 Å². The summed E-state index contributed by atoms with van der Waals surface area (Å²) >= 11 is 0. The molecule has 4 rings (SSSR count). The highest BCUT2D eigenvalue weighted by molar-refractivity contribution is 5.87. The summed E-state index contributed by atoms with van der Waals surface area (Å²) in [6.07, 6.45) is -1.27. The van der Waals surface area contributed by atoms with Crippen LogP contribution in [-0.2, 0) is 19.1 Å². The van der Waals surface area contributed by atoms with Crippen molar-refractivity contribution in [3.05, 3.63) is 133 Å². The van der Waals surface area contributed by atoms with Crippen LogP contribution < -0.4 is 18.9 Å². The van der Waals surface area contributed by atoms with E-state index in [-0.39, 0.29) is 26.4 Å². The summed E-state index contributed by atoms with van der Waals surface area (Å²) in [5.41, 5.74) is 2.55. The van der Waals surface area contributed by atoms with Crippen LogP contribution >= 0.6 is 0 Å². The number of para-hydroxylation sites is 2. The highest BCUT2D eigenvalue weighted by Crippen LogP contribution is 2.25. The molecule has 0 aliphatic carbocycles. The Morgan fingerprint density at radius 2 is 0.761 bits per heavy atom. The van der Waals surface area contributed by atoms with E-state index in [0.29, 0.717) is 34.1 Å². The quantitative estimate of drug-likeness (QED) is 0.0899. The fraction of sp³-hybridized carbons (Fsp3) is 0.211. The molecule has 238 valence electrons. The Bertz CT molecular complexity index is 1440. The van der Waals surface area contributed by atoms with Crippen LogP contribution in [0.25, 0.3) is 11.1 Å². The molecule has 46 heavy (non-hydrogen) atoms. The third kappa shape index (κ3) is 10.9. The predicted octanol–water partition coefficient (Wildman–Crippen LogP) is 7.25. The number of rotatable bonds is 17. The second kappa shape index (κ2) is 17.1. The summed E-state index contributed by atoms with van der Waals surface area (Å²) in [4.78, 5) is 24.3. The van der Waals surface area contributed by atoms with Gasteiger partial charge in [0, 0.05) is 11.1 Å². The minimum Gasteiger partial charge on any atom is -0.490 e. The summed E-state index contributed by atoms with van der Waals surface area (Å²) in [6, 6.07) is 33.7. The van der Waals surface area contributed by atoms with Gasteiger partial charge in [-0.15, -0.1) is 0 Å². The lowest BCUT2D eigenvalue weighted by atomic mass is 10.1. The topological polar surface area (TPSA) is 89.5 Å². The molecule has 2 atom stereocenters. The average Bonchev–Trinajstić information content (AvgIpc) is 3.08. The van der Waals surface area contributed by atoms with Crippen molar-refractivity contribution in [2.75, 3.05) is 26.4 Å². The molecule has 0 aromatic heterocycles. The molecule has 2 unspecified atom stereocenters. The van der Waals surface area contributed by atoms with Crippen molar-refractivity contribution in [3.8, 4) is 34.1 Å². The van der Waals surface area contributed by atoms with Gasteiger partial charge in [0.2, 0.25) is 0 Å². The molecule has 0 amide bonds. The Balaban J connectivity index is 1.31. The van der Waals surface area contributed by atoms with Crippen LogP contribution in [0.3, 0.4) is 0 Å². The lowest BCUT2D eigenvalue weighted by Crippen LogP contribution is -2.31. The van der Waals surface area contributed by atoms with Gasteiger partial charge in [0.25, 0.3) is 0 Å². The van der Waals surface area contributed by atoms with Gasteiger partial charge in [0.15, 0.2) is 12.2 Å². The van der Waals surface area contributed by atoms with Gasteiger partial charge in [0.05, 0.1) is 0 Å². The standard InChI is InChI=1S/C38H38O8/c1-27(2)37(39)45-35(23-41-31-11-7-5-8-12-31)25-43-33-19-15-29(16-20-33)30-17-21-34(22-18-30)44-26-36(46-38(40)28(3)4)24-42-32-13-9-6-10-14-32/h5-22,35-36H,1,3,23-26H2,2,4H3. The Hall–Kier alpha value is -5.50. The molecule has 0 heterocycles. The SMILES string of the molecule is C=C(C)C(=O)OC(COc1ccccc1)COc1ccc(-c2ccc(OCC(COc3ccccc3)OC(=O)C(=C)C)cc2)cc1. The molecule has 8 heteroatoms. The second-order valence-electron chi connectivity index (χ2n) is 10.5. The van der Waals surface area contributed by atoms with E-state index in [1.807, 2.05) is 109 Å². The largest absolute Gasteiger partial charge is 0.490 e. The summed E-state index contributed by atoms with van der Waals surface area (Å²) in [5, 5.41) is 0. The van der Waals surface area contributed by atoms with Crippen LogP contribution in [-0.4, -0.2) is 50.6 Å². The molecule has 0 fully saturated rings. The molecule has 0 bridgehead atoms. The average molecular weight is 623 g/mol. The first kappa shape index (κ1) is 33.4. The third-order valence-corrected chi connectivity index (χ3v) is 6.52. The van der Waals surface area contributed by atoms with E-state index in [1.54, 1.807) is 13.8 Å². The molecule has 4 aromatic carbocycles. The summed E-state index contributed by atoms with van der Waals surface area (Å²) < 4.78 is 34.5. The third-order valence-electron chi connectivity index (χ3n) is 6.52. The van der Waals surface area contributed by atoms with Crippen molar-refractivity contribution in [2.45, 2.75) is 26.1 Å². The van der Waals surface area contributed by atoms with Gasteiger partial charge < -0.3 is 28.4 Å². The Labute approximate surface area is 269 Å². The van der Waals surface area contributed by atoms with E-state index in [9.17, 15) is 9.59 Å². The van der Waals surface area contributed by atoms with Crippen molar-refractivity contribution in [2.24, 2.45) is 0 Å². The van der Waals surface area contributed by atoms with Crippen LogP contribution in [0.1, 0.15) is 13.8 Å². The Morgan fingerprint density at radius 1 is 0.478 bits per heavy atom. The fourth-order valence-corrected chi connectivity index (χ4v) is 4.01. The molecule has 0 N–H and O–H groups in total. The summed E-state index contributed by atoms with van der Waals surface area (Å²) in [7, 11) is 0. The highest BCUT2D eigenvalue weighted by Gasteiger charge is 2.19. The van der Waals surface area contributed by atoms with Crippen molar-refractivity contribution in [1.82, 2.24) is 0 Å². The molecule has 0 aliphatic heterocycles. The number of carbonyl (C=O) groups excluding carboxylic acids is 2. The van der Waals surface area contributed by atoms with Crippen molar-refractivity contribution in [3.63, 3.8) is 0 Å². The van der Waals surface area contributed by atoms with Crippen LogP contribution in [0.4, 0.5) is 0 Å². The first-order chi connectivity index (χ1) is 22.3. The fourth-order valence-electron chi connectivity index (χ4n) is 4.01. The maximum atomic E-state index is 12.2. The maximum Gasteiger partial charge on any atom is 0.333 e. The molecule has 0 spiro atoms. The maximum absolute atomic E-state index is 12.2. The van der Waals surface area contributed by atoms with Gasteiger partial charge in [-0.05, 0) is 73.5 Å². The monoisotopic (exact) mass is 622 g/mol. The molecule has 0 saturated heterocycles. The number of hydrogen-bond donors (Lipinski definition) is 0. The zero-order chi connectivity index (χ0) is 32.7. The molecular formula is C38H38O8.